The van der Waals surface area contributed by atoms with Crippen LogP contribution >= 0.6 is 34.4 Å². The number of hydrogen-bond donors (Lipinski definition) is 1. The van der Waals surface area contributed by atoms with E-state index in [4.69, 9.17) is 5.10 Å². The molecular formula is C32H30N6O2S3. The number of amides is 2. The minimum absolute atomic E-state index is 0.106. The van der Waals surface area contributed by atoms with Gasteiger partial charge in [0.2, 0.25) is 0 Å². The van der Waals surface area contributed by atoms with Gasteiger partial charge < -0.3 is 5.32 Å². The fourth-order valence-corrected chi connectivity index (χ4v) is 7.13. The zero-order valence-electron chi connectivity index (χ0n) is 24.0. The lowest BCUT2D eigenvalue weighted by molar-refractivity contribution is -0.130. The fourth-order valence-electron chi connectivity index (χ4n) is 4.95. The second-order valence-electron chi connectivity index (χ2n) is 10.3. The molecule has 1 aliphatic rings. The highest BCUT2D eigenvalue weighted by atomic mass is 32.2. The maximum atomic E-state index is 13.8. The first-order chi connectivity index (χ1) is 20.9. The van der Waals surface area contributed by atoms with Crippen LogP contribution in [0.3, 0.4) is 0 Å². The molecule has 6 rings (SSSR count). The van der Waals surface area contributed by atoms with Gasteiger partial charge in [-0.05, 0) is 66.4 Å². The molecule has 43 heavy (non-hydrogen) atoms. The zero-order valence-corrected chi connectivity index (χ0v) is 26.4. The Morgan fingerprint density at radius 3 is 2.49 bits per heavy atom. The van der Waals surface area contributed by atoms with Gasteiger partial charge in [0, 0.05) is 6.42 Å². The average molecular weight is 627 g/mol. The topological polar surface area (TPSA) is 92.5 Å². The van der Waals surface area contributed by atoms with Crippen molar-refractivity contribution in [3.05, 3.63) is 115 Å². The Labute approximate surface area is 262 Å². The number of thioether (sulfide) groups is 1. The van der Waals surface area contributed by atoms with Crippen LogP contribution in [0.15, 0.2) is 87.7 Å². The molecule has 0 unspecified atom stereocenters. The van der Waals surface area contributed by atoms with E-state index in [1.54, 1.807) is 22.4 Å². The van der Waals surface area contributed by atoms with E-state index in [9.17, 15) is 9.59 Å². The molecule has 1 atom stereocenters. The molecule has 3 aromatic heterocycles. The molecular weight excluding hydrogens is 597 g/mol. The Bertz CT molecular complexity index is 1780. The zero-order chi connectivity index (χ0) is 29.9. The average Bonchev–Trinajstić information content (AvgIpc) is 3.83. The van der Waals surface area contributed by atoms with Crippen LogP contribution in [0, 0.1) is 20.8 Å². The summed E-state index contributed by atoms with van der Waals surface area (Å²) < 4.78 is 1.94. The summed E-state index contributed by atoms with van der Waals surface area (Å²) in [5.41, 5.74) is 6.26. The smallest absolute Gasteiger partial charge is 0.261 e. The van der Waals surface area contributed by atoms with Gasteiger partial charge in [0.05, 0.1) is 39.5 Å². The van der Waals surface area contributed by atoms with Crippen LogP contribution in [0.5, 0.6) is 0 Å². The second kappa shape index (κ2) is 12.7. The SMILES string of the molecule is Cc1ccc([C@@H]2CC(c3cccs3)=NN2C(=O)CSc2nnc(CNC(=O)c3cccs3)n2-c2cccc(C)c2C)cc1. The Kier molecular flexibility index (Phi) is 8.55. The van der Waals surface area contributed by atoms with Crippen molar-refractivity contribution in [3.63, 3.8) is 0 Å². The normalized spacial score (nSPS) is 14.6. The molecule has 8 nitrogen and oxygen atoms in total. The van der Waals surface area contributed by atoms with E-state index in [0.717, 1.165) is 33.0 Å². The Balaban J connectivity index is 1.26. The predicted octanol–water partition coefficient (Wildman–Crippen LogP) is 6.72. The molecule has 0 saturated heterocycles. The van der Waals surface area contributed by atoms with E-state index < -0.39 is 0 Å². The molecule has 1 N–H and O–H groups in total. The number of rotatable bonds is 9. The minimum Gasteiger partial charge on any atom is -0.344 e. The van der Waals surface area contributed by atoms with Gasteiger partial charge in [-0.25, -0.2) is 5.01 Å². The number of aryl methyl sites for hydroxylation is 2. The third kappa shape index (κ3) is 6.20. The van der Waals surface area contributed by atoms with Crippen molar-refractivity contribution in [2.24, 2.45) is 5.10 Å². The summed E-state index contributed by atoms with van der Waals surface area (Å²) in [7, 11) is 0. The van der Waals surface area contributed by atoms with E-state index in [1.165, 1.54) is 28.7 Å². The van der Waals surface area contributed by atoms with Gasteiger partial charge in [0.25, 0.3) is 11.8 Å². The predicted molar refractivity (Wildman–Crippen MR) is 173 cm³/mol. The molecule has 0 spiro atoms. The van der Waals surface area contributed by atoms with E-state index in [-0.39, 0.29) is 30.2 Å². The van der Waals surface area contributed by atoms with Crippen molar-refractivity contribution in [2.45, 2.75) is 44.9 Å². The van der Waals surface area contributed by atoms with Gasteiger partial charge in [-0.3, -0.25) is 14.2 Å². The largest absolute Gasteiger partial charge is 0.344 e. The monoisotopic (exact) mass is 626 g/mol. The van der Waals surface area contributed by atoms with Crippen molar-refractivity contribution in [1.82, 2.24) is 25.1 Å². The first kappa shape index (κ1) is 29.0. The fraction of sp³-hybridized carbons (Fsp3) is 0.219. The summed E-state index contributed by atoms with van der Waals surface area (Å²) in [6.45, 7) is 6.36. The molecule has 218 valence electrons. The highest BCUT2D eigenvalue weighted by Gasteiger charge is 2.33. The lowest BCUT2D eigenvalue weighted by atomic mass is 10.00. The summed E-state index contributed by atoms with van der Waals surface area (Å²) in [5, 5.41) is 22.8. The molecule has 0 saturated carbocycles. The van der Waals surface area contributed by atoms with Crippen LogP contribution in [0.1, 0.15) is 55.1 Å². The number of carbonyl (C=O) groups is 2. The van der Waals surface area contributed by atoms with Gasteiger partial charge >= 0.3 is 0 Å². The number of thiophene rings is 2. The molecule has 2 aromatic carbocycles. The van der Waals surface area contributed by atoms with Gasteiger partial charge in [-0.15, -0.1) is 32.9 Å². The van der Waals surface area contributed by atoms with Crippen molar-refractivity contribution in [3.8, 4) is 5.69 Å². The van der Waals surface area contributed by atoms with E-state index in [1.807, 2.05) is 45.7 Å². The third-order valence-corrected chi connectivity index (χ3v) is 10.1. The number of benzene rings is 2. The molecule has 1 aliphatic heterocycles. The number of nitrogens with one attached hydrogen (secondary N) is 1. The van der Waals surface area contributed by atoms with E-state index >= 15 is 0 Å². The second-order valence-corrected chi connectivity index (χ2v) is 13.1. The van der Waals surface area contributed by atoms with Crippen molar-refractivity contribution in [2.75, 3.05) is 5.75 Å². The molecule has 0 bridgehead atoms. The molecule has 4 heterocycles. The molecule has 2 amide bonds. The van der Waals surface area contributed by atoms with Crippen LogP contribution in [0.4, 0.5) is 0 Å². The molecule has 5 aromatic rings. The summed E-state index contributed by atoms with van der Waals surface area (Å²) in [4.78, 5) is 28.2. The van der Waals surface area contributed by atoms with Crippen LogP contribution < -0.4 is 5.32 Å². The first-order valence-electron chi connectivity index (χ1n) is 13.8. The van der Waals surface area contributed by atoms with Crippen molar-refractivity contribution < 1.29 is 9.59 Å². The highest BCUT2D eigenvalue weighted by molar-refractivity contribution is 7.99. The molecule has 0 aliphatic carbocycles. The van der Waals surface area contributed by atoms with Gasteiger partial charge in [-0.2, -0.15) is 5.10 Å². The maximum Gasteiger partial charge on any atom is 0.261 e. The standard InChI is InChI=1S/C32H30N6O2S3/c1-20-11-13-23(14-12-20)26-17-24(27-9-5-15-41-27)36-38(26)30(39)19-43-32-35-34-29(18-33-31(40)28-10-6-16-42-28)37(32)25-8-4-7-21(2)22(25)3/h4-16,26H,17-19H2,1-3H3,(H,33,40)/t26-/m0/s1. The van der Waals surface area contributed by atoms with Crippen LogP contribution in [-0.2, 0) is 11.3 Å². The summed E-state index contributed by atoms with van der Waals surface area (Å²) >= 11 is 4.34. The van der Waals surface area contributed by atoms with Crippen LogP contribution in [0.2, 0.25) is 0 Å². The number of hydrazone groups is 1. The summed E-state index contributed by atoms with van der Waals surface area (Å²) in [6, 6.07) is 21.9. The number of hydrogen-bond acceptors (Lipinski definition) is 8. The Hall–Kier alpha value is -4.06. The Morgan fingerprint density at radius 2 is 1.74 bits per heavy atom. The molecule has 0 fully saturated rings. The van der Waals surface area contributed by atoms with Crippen molar-refractivity contribution in [1.29, 1.82) is 0 Å². The summed E-state index contributed by atoms with van der Waals surface area (Å²) in [6.07, 6.45) is 0.659. The number of aromatic nitrogens is 3. The highest BCUT2D eigenvalue weighted by Crippen LogP contribution is 2.35. The van der Waals surface area contributed by atoms with Crippen LogP contribution in [-0.4, -0.2) is 43.1 Å². The summed E-state index contributed by atoms with van der Waals surface area (Å²) in [5.74, 6) is 0.453. The lowest BCUT2D eigenvalue weighted by Gasteiger charge is -2.22. The minimum atomic E-state index is -0.175. The van der Waals surface area contributed by atoms with Gasteiger partial charge in [0.1, 0.15) is 0 Å². The van der Waals surface area contributed by atoms with Crippen molar-refractivity contribution >= 4 is 52.0 Å². The number of carbonyl (C=O) groups excluding carboxylic acids is 2. The maximum absolute atomic E-state index is 13.8. The Morgan fingerprint density at radius 1 is 0.953 bits per heavy atom. The number of nitrogens with zero attached hydrogens (tertiary/aromatic N) is 5. The van der Waals surface area contributed by atoms with E-state index in [0.29, 0.717) is 22.3 Å². The quantitative estimate of drug-likeness (QED) is 0.184. The lowest BCUT2D eigenvalue weighted by Crippen LogP contribution is -2.28. The third-order valence-electron chi connectivity index (χ3n) is 7.43. The van der Waals surface area contributed by atoms with Gasteiger partial charge in [-0.1, -0.05) is 65.9 Å². The molecule has 11 heteroatoms. The first-order valence-corrected chi connectivity index (χ1v) is 16.6. The van der Waals surface area contributed by atoms with E-state index in [2.05, 4.69) is 66.6 Å². The van der Waals surface area contributed by atoms with Gasteiger partial charge in [0.15, 0.2) is 11.0 Å². The van der Waals surface area contributed by atoms with Crippen LogP contribution in [0.25, 0.3) is 5.69 Å². The molecule has 0 radical (unpaired) electrons.